The molecule has 0 aromatic carbocycles. The van der Waals surface area contributed by atoms with Crippen LogP contribution in [0.1, 0.15) is 33.6 Å². The van der Waals surface area contributed by atoms with Crippen LogP contribution in [0.2, 0.25) is 0 Å². The lowest BCUT2D eigenvalue weighted by atomic mass is 9.94. The smallest absolute Gasteiger partial charge is 0.0605 e. The lowest BCUT2D eigenvalue weighted by Crippen LogP contribution is -2.43. The standard InChI is InChI=1S/C9H19NO2S/c1-9(2,3)12-7-5-8(6-7)13(4,10)11/h7-8,10H,5-6H2,1-4H3. The van der Waals surface area contributed by atoms with Gasteiger partial charge in [-0.15, -0.1) is 0 Å². The minimum atomic E-state index is -2.33. The van der Waals surface area contributed by atoms with Crippen molar-refractivity contribution >= 4 is 9.73 Å². The molecule has 78 valence electrons. The minimum Gasteiger partial charge on any atom is -0.373 e. The van der Waals surface area contributed by atoms with Crippen molar-refractivity contribution < 1.29 is 8.95 Å². The molecule has 1 aliphatic carbocycles. The summed E-state index contributed by atoms with van der Waals surface area (Å²) >= 11 is 0. The highest BCUT2D eigenvalue weighted by Gasteiger charge is 2.36. The molecule has 1 fully saturated rings. The van der Waals surface area contributed by atoms with Gasteiger partial charge in [0.05, 0.1) is 11.7 Å². The number of rotatable bonds is 2. The van der Waals surface area contributed by atoms with Gasteiger partial charge >= 0.3 is 0 Å². The average Bonchev–Trinajstić information content (AvgIpc) is 1.71. The van der Waals surface area contributed by atoms with E-state index in [1.807, 2.05) is 20.8 Å². The molecule has 3 nitrogen and oxygen atoms in total. The fraction of sp³-hybridized carbons (Fsp3) is 1.00. The number of ether oxygens (including phenoxy) is 1. The summed E-state index contributed by atoms with van der Waals surface area (Å²) in [6.45, 7) is 6.05. The first kappa shape index (κ1) is 11.0. The third-order valence-corrected chi connectivity index (χ3v) is 3.86. The maximum Gasteiger partial charge on any atom is 0.0605 e. The molecule has 0 aromatic heterocycles. The second-order valence-electron chi connectivity index (χ2n) is 4.85. The quantitative estimate of drug-likeness (QED) is 0.749. The highest BCUT2D eigenvalue weighted by Crippen LogP contribution is 2.32. The molecule has 0 aliphatic heterocycles. The molecule has 1 atom stereocenters. The van der Waals surface area contributed by atoms with Gasteiger partial charge in [0.15, 0.2) is 0 Å². The molecular weight excluding hydrogens is 186 g/mol. The Morgan fingerprint density at radius 1 is 1.38 bits per heavy atom. The molecular formula is C9H19NO2S. The van der Waals surface area contributed by atoms with Crippen molar-refractivity contribution in [2.45, 2.75) is 50.6 Å². The summed E-state index contributed by atoms with van der Waals surface area (Å²) in [4.78, 5) is 0. The summed E-state index contributed by atoms with van der Waals surface area (Å²) in [6.07, 6.45) is 3.31. The van der Waals surface area contributed by atoms with Crippen molar-refractivity contribution in [1.29, 1.82) is 4.78 Å². The number of nitrogens with one attached hydrogen (secondary N) is 1. The van der Waals surface area contributed by atoms with E-state index >= 15 is 0 Å². The van der Waals surface area contributed by atoms with Crippen LogP contribution in [0.5, 0.6) is 0 Å². The van der Waals surface area contributed by atoms with Gasteiger partial charge in [-0.05, 0) is 33.6 Å². The SMILES string of the molecule is CC(C)(C)OC1CC(S(C)(=N)=O)C1. The molecule has 4 heteroatoms. The molecule has 1 saturated carbocycles. The maximum atomic E-state index is 11.3. The van der Waals surface area contributed by atoms with Crippen molar-refractivity contribution in [2.24, 2.45) is 0 Å². The highest BCUT2D eigenvalue weighted by molar-refractivity contribution is 7.92. The van der Waals surface area contributed by atoms with Crippen molar-refractivity contribution in [3.63, 3.8) is 0 Å². The van der Waals surface area contributed by atoms with Gasteiger partial charge in [0.25, 0.3) is 0 Å². The topological polar surface area (TPSA) is 50.1 Å². The van der Waals surface area contributed by atoms with Gasteiger partial charge in [-0.2, -0.15) is 0 Å². The van der Waals surface area contributed by atoms with Crippen LogP contribution in [0.15, 0.2) is 0 Å². The predicted octanol–water partition coefficient (Wildman–Crippen LogP) is 2.01. The van der Waals surface area contributed by atoms with E-state index in [9.17, 15) is 4.21 Å². The summed E-state index contributed by atoms with van der Waals surface area (Å²) in [5.74, 6) is 0. The van der Waals surface area contributed by atoms with E-state index in [4.69, 9.17) is 9.52 Å². The molecule has 13 heavy (non-hydrogen) atoms. The van der Waals surface area contributed by atoms with Gasteiger partial charge in [0.1, 0.15) is 0 Å². The third-order valence-electron chi connectivity index (χ3n) is 2.21. The summed E-state index contributed by atoms with van der Waals surface area (Å²) < 4.78 is 24.4. The fourth-order valence-electron chi connectivity index (χ4n) is 1.48. The average molecular weight is 205 g/mol. The zero-order chi connectivity index (χ0) is 10.3. The van der Waals surface area contributed by atoms with E-state index in [1.54, 1.807) is 0 Å². The van der Waals surface area contributed by atoms with Crippen LogP contribution in [0.25, 0.3) is 0 Å². The van der Waals surface area contributed by atoms with Crippen LogP contribution in [-0.4, -0.2) is 27.4 Å². The molecule has 1 rings (SSSR count). The molecule has 0 spiro atoms. The van der Waals surface area contributed by atoms with Gasteiger partial charge in [-0.25, -0.2) is 4.21 Å². The maximum absolute atomic E-state index is 11.3. The summed E-state index contributed by atoms with van der Waals surface area (Å²) in [7, 11) is -2.33. The Labute approximate surface area is 80.8 Å². The molecule has 0 saturated heterocycles. The van der Waals surface area contributed by atoms with E-state index in [0.717, 1.165) is 12.8 Å². The van der Waals surface area contributed by atoms with Gasteiger partial charge < -0.3 is 4.74 Å². The van der Waals surface area contributed by atoms with Gasteiger partial charge in [-0.3, -0.25) is 4.78 Å². The molecule has 0 amide bonds. The van der Waals surface area contributed by atoms with Crippen molar-refractivity contribution in [3.05, 3.63) is 0 Å². The molecule has 0 aromatic rings. The number of hydrogen-bond donors (Lipinski definition) is 1. The van der Waals surface area contributed by atoms with E-state index in [-0.39, 0.29) is 17.0 Å². The van der Waals surface area contributed by atoms with Gasteiger partial charge in [-0.1, -0.05) is 0 Å². The van der Waals surface area contributed by atoms with Crippen molar-refractivity contribution in [2.75, 3.05) is 6.26 Å². The Balaban J connectivity index is 2.35. The Bertz CT molecular complexity index is 270. The van der Waals surface area contributed by atoms with Crippen LogP contribution in [0.3, 0.4) is 0 Å². The molecule has 1 N–H and O–H groups in total. The van der Waals surface area contributed by atoms with Crippen molar-refractivity contribution in [3.8, 4) is 0 Å². The van der Waals surface area contributed by atoms with E-state index in [0.29, 0.717) is 0 Å². The van der Waals surface area contributed by atoms with E-state index in [2.05, 4.69) is 0 Å². The monoisotopic (exact) mass is 205 g/mol. The van der Waals surface area contributed by atoms with Crippen LogP contribution in [0, 0.1) is 4.78 Å². The molecule has 1 aliphatic rings. The van der Waals surface area contributed by atoms with Crippen LogP contribution < -0.4 is 0 Å². The molecule has 0 radical (unpaired) electrons. The van der Waals surface area contributed by atoms with Crippen LogP contribution in [0.4, 0.5) is 0 Å². The zero-order valence-electron chi connectivity index (χ0n) is 8.79. The second kappa shape index (κ2) is 3.24. The molecule has 1 unspecified atom stereocenters. The Kier molecular flexibility index (Phi) is 2.74. The summed E-state index contributed by atoms with van der Waals surface area (Å²) in [5.41, 5.74) is -0.119. The minimum absolute atomic E-state index is 0.0554. The van der Waals surface area contributed by atoms with E-state index in [1.165, 1.54) is 6.26 Å². The molecule has 0 heterocycles. The molecule has 0 bridgehead atoms. The largest absolute Gasteiger partial charge is 0.373 e. The lowest BCUT2D eigenvalue weighted by molar-refractivity contribution is -0.0897. The first-order valence-corrected chi connectivity index (χ1v) is 6.62. The zero-order valence-corrected chi connectivity index (χ0v) is 9.61. The lowest BCUT2D eigenvalue weighted by Gasteiger charge is -2.39. The Morgan fingerprint density at radius 2 is 1.85 bits per heavy atom. The Morgan fingerprint density at radius 3 is 2.15 bits per heavy atom. The van der Waals surface area contributed by atoms with Crippen LogP contribution >= 0.6 is 0 Å². The van der Waals surface area contributed by atoms with E-state index < -0.39 is 9.73 Å². The Hall–Kier alpha value is -0.0900. The third kappa shape index (κ3) is 3.27. The van der Waals surface area contributed by atoms with Crippen LogP contribution in [-0.2, 0) is 14.5 Å². The second-order valence-corrected chi connectivity index (χ2v) is 7.32. The summed E-state index contributed by atoms with van der Waals surface area (Å²) in [5, 5.41) is 0.0554. The first-order chi connectivity index (χ1) is 5.68. The normalized spacial score (nSPS) is 33.5. The van der Waals surface area contributed by atoms with Gasteiger partial charge in [0, 0.05) is 21.2 Å². The fourth-order valence-corrected chi connectivity index (χ4v) is 2.64. The predicted molar refractivity (Wildman–Crippen MR) is 54.4 cm³/mol. The first-order valence-electron chi connectivity index (χ1n) is 4.59. The van der Waals surface area contributed by atoms with Gasteiger partial charge in [0.2, 0.25) is 0 Å². The van der Waals surface area contributed by atoms with Crippen molar-refractivity contribution in [1.82, 2.24) is 0 Å². The number of hydrogen-bond acceptors (Lipinski definition) is 3. The highest BCUT2D eigenvalue weighted by atomic mass is 32.2. The summed E-state index contributed by atoms with van der Waals surface area (Å²) in [6, 6.07) is 0.